The second-order valence-corrected chi connectivity index (χ2v) is 4.14. The number of phenolic OH excluding ortho intramolecular Hbond substituents is 1. The van der Waals surface area contributed by atoms with Gasteiger partial charge in [0.05, 0.1) is 13.7 Å². The molecule has 0 fully saturated rings. The van der Waals surface area contributed by atoms with Gasteiger partial charge in [0, 0.05) is 12.5 Å². The summed E-state index contributed by atoms with van der Waals surface area (Å²) in [6.07, 6.45) is 3.60. The van der Waals surface area contributed by atoms with E-state index in [1.807, 2.05) is 6.92 Å². The highest BCUT2D eigenvalue weighted by molar-refractivity contribution is 5.87. The largest absolute Gasteiger partial charge is 0.504 e. The monoisotopic (exact) mass is 262 g/mol. The zero-order valence-corrected chi connectivity index (χ0v) is 11.2. The van der Waals surface area contributed by atoms with E-state index in [4.69, 9.17) is 9.47 Å². The Kier molecular flexibility index (Phi) is 5.67. The highest BCUT2D eigenvalue weighted by Crippen LogP contribution is 2.26. The van der Waals surface area contributed by atoms with Crippen molar-refractivity contribution in [2.75, 3.05) is 13.7 Å². The first kappa shape index (κ1) is 14.8. The van der Waals surface area contributed by atoms with Gasteiger partial charge in [-0.3, -0.25) is 0 Å². The second-order valence-electron chi connectivity index (χ2n) is 4.14. The van der Waals surface area contributed by atoms with Crippen LogP contribution in [0.5, 0.6) is 11.5 Å². The molecule has 0 unspecified atom stereocenters. The Bertz CT molecular complexity index is 489. The third kappa shape index (κ3) is 5.29. The maximum atomic E-state index is 11.4. The highest BCUT2D eigenvalue weighted by atomic mass is 16.5. The zero-order chi connectivity index (χ0) is 14.3. The van der Waals surface area contributed by atoms with E-state index in [0.29, 0.717) is 18.8 Å². The molecule has 0 bridgehead atoms. The molecule has 0 aliphatic rings. The van der Waals surface area contributed by atoms with Crippen molar-refractivity contribution in [3.05, 3.63) is 42.0 Å². The average Bonchev–Trinajstić information content (AvgIpc) is 2.37. The Hall–Kier alpha value is -2.23. The van der Waals surface area contributed by atoms with Crippen molar-refractivity contribution in [1.82, 2.24) is 0 Å². The molecule has 0 spiro atoms. The molecule has 0 aliphatic carbocycles. The molecular weight excluding hydrogens is 244 g/mol. The van der Waals surface area contributed by atoms with Crippen LogP contribution in [0.25, 0.3) is 6.08 Å². The van der Waals surface area contributed by atoms with Gasteiger partial charge in [0.1, 0.15) is 0 Å². The van der Waals surface area contributed by atoms with Gasteiger partial charge in [-0.1, -0.05) is 11.6 Å². The lowest BCUT2D eigenvalue weighted by Crippen LogP contribution is -2.02. The molecule has 1 N–H and O–H groups in total. The molecule has 0 aliphatic heterocycles. The fourth-order valence-electron chi connectivity index (χ4n) is 1.34. The number of ether oxygens (including phenoxy) is 2. The molecule has 1 aromatic carbocycles. The number of aromatic hydroxyl groups is 1. The van der Waals surface area contributed by atoms with Crippen LogP contribution in [0.15, 0.2) is 36.4 Å². The summed E-state index contributed by atoms with van der Waals surface area (Å²) < 4.78 is 9.96. The van der Waals surface area contributed by atoms with Gasteiger partial charge in [0.15, 0.2) is 11.5 Å². The van der Waals surface area contributed by atoms with Gasteiger partial charge >= 0.3 is 5.97 Å². The van der Waals surface area contributed by atoms with Crippen LogP contribution in [0.2, 0.25) is 0 Å². The van der Waals surface area contributed by atoms with Crippen molar-refractivity contribution in [3.63, 3.8) is 0 Å². The van der Waals surface area contributed by atoms with Crippen molar-refractivity contribution >= 4 is 12.0 Å². The normalized spacial score (nSPS) is 10.4. The van der Waals surface area contributed by atoms with Crippen molar-refractivity contribution < 1.29 is 19.4 Å². The lowest BCUT2D eigenvalue weighted by molar-refractivity contribution is -0.137. The van der Waals surface area contributed by atoms with Gasteiger partial charge in [-0.15, -0.1) is 6.58 Å². The van der Waals surface area contributed by atoms with Crippen LogP contribution in [-0.4, -0.2) is 24.8 Å². The smallest absolute Gasteiger partial charge is 0.330 e. The van der Waals surface area contributed by atoms with Gasteiger partial charge in [-0.05, 0) is 30.7 Å². The standard InChI is InChI=1S/C15H18O4/c1-11(2)8-9-19-15(17)7-5-12-4-6-13(16)14(10-12)18-3/h4-7,10,16H,1,8-9H2,2-3H3/b7-5+. The van der Waals surface area contributed by atoms with E-state index in [-0.39, 0.29) is 5.75 Å². The van der Waals surface area contributed by atoms with E-state index in [2.05, 4.69) is 6.58 Å². The van der Waals surface area contributed by atoms with E-state index in [1.54, 1.807) is 18.2 Å². The van der Waals surface area contributed by atoms with E-state index in [9.17, 15) is 9.90 Å². The van der Waals surface area contributed by atoms with Gasteiger partial charge in [0.2, 0.25) is 0 Å². The topological polar surface area (TPSA) is 55.8 Å². The Morgan fingerprint density at radius 2 is 2.21 bits per heavy atom. The van der Waals surface area contributed by atoms with E-state index in [1.165, 1.54) is 19.3 Å². The van der Waals surface area contributed by atoms with Crippen LogP contribution < -0.4 is 4.74 Å². The quantitative estimate of drug-likeness (QED) is 0.486. The van der Waals surface area contributed by atoms with Crippen molar-refractivity contribution in [3.8, 4) is 11.5 Å². The SMILES string of the molecule is C=C(C)CCOC(=O)/C=C/c1ccc(O)c(OC)c1. The number of hydrogen-bond acceptors (Lipinski definition) is 4. The summed E-state index contributed by atoms with van der Waals surface area (Å²) in [6.45, 7) is 5.94. The fourth-order valence-corrected chi connectivity index (χ4v) is 1.34. The maximum absolute atomic E-state index is 11.4. The summed E-state index contributed by atoms with van der Waals surface area (Å²) in [6, 6.07) is 4.81. The van der Waals surface area contributed by atoms with Gasteiger partial charge < -0.3 is 14.6 Å². The molecule has 0 saturated heterocycles. The average molecular weight is 262 g/mol. The van der Waals surface area contributed by atoms with Crippen LogP contribution in [0.1, 0.15) is 18.9 Å². The number of methoxy groups -OCH3 is 1. The van der Waals surface area contributed by atoms with Crippen LogP contribution in [0.4, 0.5) is 0 Å². The molecule has 19 heavy (non-hydrogen) atoms. The number of hydrogen-bond donors (Lipinski definition) is 1. The third-order valence-electron chi connectivity index (χ3n) is 2.39. The van der Waals surface area contributed by atoms with Crippen molar-refractivity contribution in [1.29, 1.82) is 0 Å². The first-order valence-corrected chi connectivity index (χ1v) is 5.89. The molecular formula is C15H18O4. The number of phenols is 1. The van der Waals surface area contributed by atoms with Crippen LogP contribution in [-0.2, 0) is 9.53 Å². The lowest BCUT2D eigenvalue weighted by Gasteiger charge is -2.04. The molecule has 0 atom stereocenters. The fraction of sp³-hybridized carbons (Fsp3) is 0.267. The minimum absolute atomic E-state index is 0.0590. The van der Waals surface area contributed by atoms with Crippen LogP contribution in [0, 0.1) is 0 Å². The molecule has 0 aromatic heterocycles. The molecule has 0 saturated carbocycles. The molecule has 1 rings (SSSR count). The van der Waals surface area contributed by atoms with E-state index in [0.717, 1.165) is 11.1 Å². The summed E-state index contributed by atoms with van der Waals surface area (Å²) in [7, 11) is 1.47. The Morgan fingerprint density at radius 1 is 1.47 bits per heavy atom. The van der Waals surface area contributed by atoms with E-state index < -0.39 is 5.97 Å². The number of carbonyl (C=O) groups excluding carboxylic acids is 1. The van der Waals surface area contributed by atoms with Crippen LogP contribution in [0.3, 0.4) is 0 Å². The molecule has 0 heterocycles. The molecule has 4 heteroatoms. The van der Waals surface area contributed by atoms with Gasteiger partial charge in [-0.25, -0.2) is 4.79 Å². The summed E-state index contributed by atoms with van der Waals surface area (Å²) in [5.41, 5.74) is 1.71. The minimum Gasteiger partial charge on any atom is -0.504 e. The predicted molar refractivity (Wildman–Crippen MR) is 74.1 cm³/mol. The number of rotatable bonds is 6. The predicted octanol–water partition coefficient (Wildman–Crippen LogP) is 2.92. The second kappa shape index (κ2) is 7.26. The summed E-state index contributed by atoms with van der Waals surface area (Å²) >= 11 is 0. The molecule has 0 amide bonds. The molecule has 1 aromatic rings. The first-order valence-electron chi connectivity index (χ1n) is 5.89. The number of benzene rings is 1. The lowest BCUT2D eigenvalue weighted by atomic mass is 10.2. The third-order valence-corrected chi connectivity index (χ3v) is 2.39. The van der Waals surface area contributed by atoms with Crippen molar-refractivity contribution in [2.24, 2.45) is 0 Å². The van der Waals surface area contributed by atoms with Crippen LogP contribution >= 0.6 is 0 Å². The Morgan fingerprint density at radius 3 is 2.84 bits per heavy atom. The summed E-state index contributed by atoms with van der Waals surface area (Å²) in [4.78, 5) is 11.4. The number of esters is 1. The molecule has 102 valence electrons. The maximum Gasteiger partial charge on any atom is 0.330 e. The zero-order valence-electron chi connectivity index (χ0n) is 11.2. The first-order chi connectivity index (χ1) is 9.02. The van der Waals surface area contributed by atoms with Crippen molar-refractivity contribution in [2.45, 2.75) is 13.3 Å². The molecule has 0 radical (unpaired) electrons. The summed E-state index contributed by atoms with van der Waals surface area (Å²) in [5, 5.41) is 9.43. The van der Waals surface area contributed by atoms with Gasteiger partial charge in [-0.2, -0.15) is 0 Å². The van der Waals surface area contributed by atoms with E-state index >= 15 is 0 Å². The minimum atomic E-state index is -0.409. The van der Waals surface area contributed by atoms with Gasteiger partial charge in [0.25, 0.3) is 0 Å². The summed E-state index contributed by atoms with van der Waals surface area (Å²) in [5.74, 6) is 0.00905. The molecule has 4 nitrogen and oxygen atoms in total. The number of carbonyl (C=O) groups is 1. The Labute approximate surface area is 113 Å². The highest BCUT2D eigenvalue weighted by Gasteiger charge is 2.01. The Balaban J connectivity index is 2.56.